The number of nitrogens with one attached hydrogen (secondary N) is 1. The summed E-state index contributed by atoms with van der Waals surface area (Å²) in [7, 11) is -0.468. The second-order valence-corrected chi connectivity index (χ2v) is 11.1. The topological polar surface area (TPSA) is 130 Å². The summed E-state index contributed by atoms with van der Waals surface area (Å²) < 4.78 is 52.9. The van der Waals surface area contributed by atoms with Gasteiger partial charge in [0.2, 0.25) is 0 Å². The first kappa shape index (κ1) is 26.2. The molecule has 1 N–H and O–H groups in total. The minimum Gasteiger partial charge on any atom is -0.462 e. The van der Waals surface area contributed by atoms with Crippen molar-refractivity contribution in [2.24, 2.45) is 0 Å². The molecule has 2 aliphatic heterocycles. The second-order valence-electron chi connectivity index (χ2n) is 9.10. The minimum atomic E-state index is -4.10. The van der Waals surface area contributed by atoms with E-state index in [-0.39, 0.29) is 18.6 Å². The molecule has 194 valence electrons. The van der Waals surface area contributed by atoms with Crippen LogP contribution in [0.4, 0.5) is 10.2 Å². The lowest BCUT2D eigenvalue weighted by atomic mass is 9.99. The van der Waals surface area contributed by atoms with Gasteiger partial charge in [-0.25, -0.2) is 29.0 Å². The van der Waals surface area contributed by atoms with E-state index >= 15 is 4.39 Å². The third-order valence-electron chi connectivity index (χ3n) is 5.66. The number of carbonyl (C=O) groups is 1. The molecular formula is C20H29ClFN6O6P. The van der Waals surface area contributed by atoms with Gasteiger partial charge in [0, 0.05) is 14.1 Å². The molecule has 2 aliphatic rings. The molecule has 15 heteroatoms. The summed E-state index contributed by atoms with van der Waals surface area (Å²) in [6.07, 6.45) is -3.34. The van der Waals surface area contributed by atoms with Crippen LogP contribution < -0.4 is 9.99 Å². The zero-order valence-corrected chi connectivity index (χ0v) is 21.9. The lowest BCUT2D eigenvalue weighted by Gasteiger charge is -2.39. The number of carbonyl (C=O) groups excluding carboxylic acids is 1. The van der Waals surface area contributed by atoms with Crippen LogP contribution in [0, 0.1) is 6.92 Å². The van der Waals surface area contributed by atoms with Crippen LogP contribution in [-0.4, -0.2) is 82.1 Å². The van der Waals surface area contributed by atoms with Gasteiger partial charge >= 0.3 is 13.7 Å². The number of hydrogen-bond donors (Lipinski definition) is 1. The Morgan fingerprint density at radius 3 is 2.77 bits per heavy atom. The third-order valence-corrected chi connectivity index (χ3v) is 7.79. The van der Waals surface area contributed by atoms with Crippen molar-refractivity contribution < 1.29 is 32.3 Å². The molecule has 1 unspecified atom stereocenters. The normalized spacial score (nSPS) is 31.5. The number of hydrogen-bond acceptors (Lipinski definition) is 10. The zero-order valence-electron chi connectivity index (χ0n) is 20.3. The Kier molecular flexibility index (Phi) is 7.13. The lowest BCUT2D eigenvalue weighted by Crippen LogP contribution is -2.53. The van der Waals surface area contributed by atoms with Crippen LogP contribution in [0.2, 0.25) is 0 Å². The number of halogens is 2. The van der Waals surface area contributed by atoms with Crippen LogP contribution in [0.3, 0.4) is 0 Å². The average molecular weight is 535 g/mol. The van der Waals surface area contributed by atoms with Crippen LogP contribution in [0.25, 0.3) is 11.2 Å². The fourth-order valence-electron chi connectivity index (χ4n) is 4.01. The summed E-state index contributed by atoms with van der Waals surface area (Å²) in [4.78, 5) is 27.1. The highest BCUT2D eigenvalue weighted by Crippen LogP contribution is 2.57. The van der Waals surface area contributed by atoms with Crippen LogP contribution in [0.15, 0.2) is 6.33 Å². The van der Waals surface area contributed by atoms with E-state index in [1.54, 1.807) is 25.7 Å². The summed E-state index contributed by atoms with van der Waals surface area (Å²) in [6.45, 7) is 6.22. The number of ether oxygens (including phenoxy) is 2. The Morgan fingerprint density at radius 1 is 1.43 bits per heavy atom. The number of anilines is 1. The van der Waals surface area contributed by atoms with Crippen LogP contribution in [0.1, 0.15) is 32.8 Å². The summed E-state index contributed by atoms with van der Waals surface area (Å²) >= 11 is 6.19. The largest absolute Gasteiger partial charge is 0.462 e. The van der Waals surface area contributed by atoms with Gasteiger partial charge in [0.15, 0.2) is 29.4 Å². The van der Waals surface area contributed by atoms with E-state index in [1.807, 2.05) is 14.1 Å². The maximum absolute atomic E-state index is 15.9. The number of esters is 1. The SMILES string of the molecule is Cc1nc(N(C)C)c2ncn([C@@H]3O[C@]4(CCl)COP(=O)(N[C@@H](C)C(=O)OC(C)C)O[C@H]4[C@@H]3F)c2n1. The van der Waals surface area contributed by atoms with E-state index in [0.717, 1.165) is 0 Å². The second kappa shape index (κ2) is 9.53. The molecule has 0 saturated carbocycles. The van der Waals surface area contributed by atoms with E-state index in [9.17, 15) is 9.36 Å². The van der Waals surface area contributed by atoms with Gasteiger partial charge in [-0.05, 0) is 27.7 Å². The molecule has 2 saturated heterocycles. The number of fused-ring (bicyclic) bond motifs is 2. The van der Waals surface area contributed by atoms with Crippen molar-refractivity contribution in [2.45, 2.75) is 63.9 Å². The molecule has 4 heterocycles. The maximum Gasteiger partial charge on any atom is 0.406 e. The summed E-state index contributed by atoms with van der Waals surface area (Å²) in [5.74, 6) is 0.199. The standard InChI is InChI=1S/C20H29ClFN6O6P/c1-10(2)32-19(29)11(3)26-35(30)31-8-20(7-21)15(34-35)13(22)18(33-20)28-9-23-14-16(27(5)6)24-12(4)25-17(14)28/h9-11,13,15,18H,7-8H2,1-6H3,(H,26,30)/t11-,13-,15-,18+,20+,35?/m0/s1. The highest BCUT2D eigenvalue weighted by atomic mass is 35.5. The van der Waals surface area contributed by atoms with Crippen LogP contribution in [0.5, 0.6) is 0 Å². The van der Waals surface area contributed by atoms with Gasteiger partial charge in [-0.15, -0.1) is 11.6 Å². The van der Waals surface area contributed by atoms with Gasteiger partial charge in [0.1, 0.15) is 23.6 Å². The van der Waals surface area contributed by atoms with E-state index in [0.29, 0.717) is 22.8 Å². The minimum absolute atomic E-state index is 0.191. The Balaban J connectivity index is 1.62. The molecule has 12 nitrogen and oxygen atoms in total. The molecule has 2 aromatic heterocycles. The van der Waals surface area contributed by atoms with Gasteiger partial charge in [-0.1, -0.05) is 0 Å². The maximum atomic E-state index is 15.9. The fraction of sp³-hybridized carbons (Fsp3) is 0.700. The third kappa shape index (κ3) is 4.77. The predicted molar refractivity (Wildman–Crippen MR) is 125 cm³/mol. The van der Waals surface area contributed by atoms with Gasteiger partial charge in [0.25, 0.3) is 0 Å². The molecule has 2 aromatic rings. The van der Waals surface area contributed by atoms with E-state index < -0.39 is 43.9 Å². The van der Waals surface area contributed by atoms with Crippen molar-refractivity contribution in [1.29, 1.82) is 0 Å². The highest BCUT2D eigenvalue weighted by molar-refractivity contribution is 7.51. The quantitative estimate of drug-likeness (QED) is 0.319. The molecule has 0 bridgehead atoms. The summed E-state index contributed by atoms with van der Waals surface area (Å²) in [6, 6.07) is -1.02. The van der Waals surface area contributed by atoms with Crippen molar-refractivity contribution in [1.82, 2.24) is 24.6 Å². The van der Waals surface area contributed by atoms with Crippen molar-refractivity contribution >= 4 is 42.3 Å². The van der Waals surface area contributed by atoms with E-state index in [4.69, 9.17) is 30.1 Å². The summed E-state index contributed by atoms with van der Waals surface area (Å²) in [5.41, 5.74) is -0.593. The molecule has 0 amide bonds. The predicted octanol–water partition coefficient (Wildman–Crippen LogP) is 2.50. The molecule has 6 atom stereocenters. The van der Waals surface area contributed by atoms with Crippen molar-refractivity contribution in [3.8, 4) is 0 Å². The molecule has 35 heavy (non-hydrogen) atoms. The molecular weight excluding hydrogens is 506 g/mol. The van der Waals surface area contributed by atoms with E-state index in [1.165, 1.54) is 17.8 Å². The zero-order chi connectivity index (χ0) is 25.7. The van der Waals surface area contributed by atoms with E-state index in [2.05, 4.69) is 20.0 Å². The van der Waals surface area contributed by atoms with Crippen molar-refractivity contribution in [3.63, 3.8) is 0 Å². The Bertz CT molecular complexity index is 1170. The van der Waals surface area contributed by atoms with Crippen LogP contribution in [-0.2, 0) is 27.9 Å². The van der Waals surface area contributed by atoms with Crippen molar-refractivity contribution in [2.75, 3.05) is 31.5 Å². The average Bonchev–Trinajstić information content (AvgIpc) is 3.31. The van der Waals surface area contributed by atoms with Gasteiger partial charge < -0.3 is 14.4 Å². The fourth-order valence-corrected chi connectivity index (χ4v) is 6.07. The Labute approximate surface area is 207 Å². The molecule has 0 aromatic carbocycles. The van der Waals surface area contributed by atoms with Gasteiger partial charge in [-0.3, -0.25) is 18.4 Å². The van der Waals surface area contributed by atoms with Gasteiger partial charge in [-0.2, -0.15) is 0 Å². The first-order valence-corrected chi connectivity index (χ1v) is 13.1. The number of imidazole rings is 1. The van der Waals surface area contributed by atoms with Gasteiger partial charge in [0.05, 0.1) is 24.9 Å². The number of rotatable bonds is 7. The number of nitrogens with zero attached hydrogens (tertiary/aromatic N) is 5. The number of aromatic nitrogens is 4. The Morgan fingerprint density at radius 2 is 2.14 bits per heavy atom. The summed E-state index contributed by atoms with van der Waals surface area (Å²) in [5, 5.41) is 2.51. The van der Waals surface area contributed by atoms with Crippen molar-refractivity contribution in [3.05, 3.63) is 12.2 Å². The first-order chi connectivity index (χ1) is 16.4. The number of alkyl halides is 2. The smallest absolute Gasteiger partial charge is 0.406 e. The first-order valence-electron chi connectivity index (χ1n) is 11.1. The van der Waals surface area contributed by atoms with Crippen LogP contribution >= 0.6 is 19.3 Å². The molecule has 0 radical (unpaired) electrons. The monoisotopic (exact) mass is 534 g/mol. The molecule has 0 aliphatic carbocycles. The molecule has 0 spiro atoms. The number of aryl methyl sites for hydroxylation is 1. The molecule has 2 fully saturated rings. The lowest BCUT2D eigenvalue weighted by molar-refractivity contribution is -0.149. The molecule has 4 rings (SSSR count). The highest BCUT2D eigenvalue weighted by Gasteiger charge is 2.63. The Hall–Kier alpha value is -1.89.